The first kappa shape index (κ1) is 19.5. The second-order valence-electron chi connectivity index (χ2n) is 6.99. The van der Waals surface area contributed by atoms with Crippen LogP contribution in [0.3, 0.4) is 0 Å². The number of amides is 2. The third-order valence-corrected chi connectivity index (χ3v) is 3.61. The zero-order valence-electron chi connectivity index (χ0n) is 15.5. The quantitative estimate of drug-likeness (QED) is 0.685. The molecule has 1 atom stereocenters. The van der Waals surface area contributed by atoms with Crippen molar-refractivity contribution in [3.63, 3.8) is 0 Å². The van der Waals surface area contributed by atoms with Crippen LogP contribution >= 0.6 is 0 Å². The molecule has 2 amide bonds. The van der Waals surface area contributed by atoms with Crippen LogP contribution in [0.15, 0.2) is 6.07 Å². The molecule has 0 fully saturated rings. The SMILES string of the molecule is Cc1cc(C)n(CCCNC(=O)NC(CC(C)C)CN(C)C)n1. The first-order chi connectivity index (χ1) is 10.8. The number of likely N-dealkylation sites (N-methyl/N-ethyl adjacent to an activating group) is 1. The summed E-state index contributed by atoms with van der Waals surface area (Å²) in [5.41, 5.74) is 2.20. The molecule has 0 aliphatic heterocycles. The summed E-state index contributed by atoms with van der Waals surface area (Å²) in [6, 6.07) is 2.17. The van der Waals surface area contributed by atoms with E-state index in [1.807, 2.05) is 25.7 Å². The maximum atomic E-state index is 12.0. The van der Waals surface area contributed by atoms with Crippen LogP contribution in [0, 0.1) is 19.8 Å². The predicted octanol–water partition coefficient (Wildman–Crippen LogP) is 2.17. The summed E-state index contributed by atoms with van der Waals surface area (Å²) in [5, 5.41) is 10.4. The highest BCUT2D eigenvalue weighted by Gasteiger charge is 2.14. The molecule has 2 N–H and O–H groups in total. The summed E-state index contributed by atoms with van der Waals surface area (Å²) < 4.78 is 1.99. The average Bonchev–Trinajstić information content (AvgIpc) is 2.71. The van der Waals surface area contributed by atoms with E-state index in [0.717, 1.165) is 37.3 Å². The topological polar surface area (TPSA) is 62.2 Å². The molecule has 0 saturated carbocycles. The van der Waals surface area contributed by atoms with Crippen molar-refractivity contribution in [3.8, 4) is 0 Å². The smallest absolute Gasteiger partial charge is 0.315 e. The van der Waals surface area contributed by atoms with E-state index in [4.69, 9.17) is 0 Å². The molecule has 0 bridgehead atoms. The fourth-order valence-electron chi connectivity index (χ4n) is 2.76. The number of rotatable bonds is 9. The minimum absolute atomic E-state index is 0.0779. The minimum Gasteiger partial charge on any atom is -0.338 e. The van der Waals surface area contributed by atoms with Crippen molar-refractivity contribution >= 4 is 6.03 Å². The molecule has 6 heteroatoms. The predicted molar refractivity (Wildman–Crippen MR) is 94.6 cm³/mol. The Hall–Kier alpha value is -1.56. The van der Waals surface area contributed by atoms with Gasteiger partial charge in [0, 0.05) is 31.4 Å². The van der Waals surface area contributed by atoms with Crippen LogP contribution in [-0.4, -0.2) is 53.9 Å². The zero-order valence-corrected chi connectivity index (χ0v) is 15.5. The number of urea groups is 1. The van der Waals surface area contributed by atoms with Gasteiger partial charge in [-0.05, 0) is 52.8 Å². The number of nitrogens with one attached hydrogen (secondary N) is 2. The highest BCUT2D eigenvalue weighted by molar-refractivity contribution is 5.74. The largest absolute Gasteiger partial charge is 0.338 e. The van der Waals surface area contributed by atoms with Crippen LogP contribution in [0.2, 0.25) is 0 Å². The van der Waals surface area contributed by atoms with Crippen molar-refractivity contribution in [2.75, 3.05) is 27.2 Å². The van der Waals surface area contributed by atoms with Gasteiger partial charge in [0.25, 0.3) is 0 Å². The molecular weight excluding hydrogens is 290 g/mol. The van der Waals surface area contributed by atoms with E-state index in [0.29, 0.717) is 12.5 Å². The first-order valence-corrected chi connectivity index (χ1v) is 8.48. The van der Waals surface area contributed by atoms with E-state index in [9.17, 15) is 4.79 Å². The molecule has 0 aromatic carbocycles. The second-order valence-corrected chi connectivity index (χ2v) is 6.99. The van der Waals surface area contributed by atoms with E-state index in [-0.39, 0.29) is 12.1 Å². The molecule has 1 aromatic rings. The average molecular weight is 323 g/mol. The summed E-state index contributed by atoms with van der Waals surface area (Å²) in [5.74, 6) is 0.561. The van der Waals surface area contributed by atoms with Crippen molar-refractivity contribution in [2.24, 2.45) is 5.92 Å². The van der Waals surface area contributed by atoms with Crippen molar-refractivity contribution in [1.29, 1.82) is 0 Å². The summed E-state index contributed by atoms with van der Waals surface area (Å²) >= 11 is 0. The molecule has 0 aliphatic carbocycles. The minimum atomic E-state index is -0.0779. The van der Waals surface area contributed by atoms with Gasteiger partial charge in [-0.1, -0.05) is 13.8 Å². The molecule has 0 spiro atoms. The van der Waals surface area contributed by atoms with Crippen molar-refractivity contribution in [2.45, 2.75) is 53.1 Å². The van der Waals surface area contributed by atoms with Gasteiger partial charge in [-0.15, -0.1) is 0 Å². The molecule has 132 valence electrons. The Kier molecular flexibility index (Phi) is 8.09. The highest BCUT2D eigenvalue weighted by atomic mass is 16.2. The van der Waals surface area contributed by atoms with Gasteiger partial charge in [0.1, 0.15) is 0 Å². The second kappa shape index (κ2) is 9.55. The van der Waals surface area contributed by atoms with E-state index < -0.39 is 0 Å². The first-order valence-electron chi connectivity index (χ1n) is 8.48. The Morgan fingerprint density at radius 3 is 2.57 bits per heavy atom. The number of nitrogens with zero attached hydrogens (tertiary/aromatic N) is 3. The van der Waals surface area contributed by atoms with Crippen LogP contribution in [-0.2, 0) is 6.54 Å². The fourth-order valence-corrected chi connectivity index (χ4v) is 2.76. The monoisotopic (exact) mass is 323 g/mol. The lowest BCUT2D eigenvalue weighted by Crippen LogP contribution is -2.47. The lowest BCUT2D eigenvalue weighted by molar-refractivity contribution is 0.228. The number of aryl methyl sites for hydroxylation is 3. The third-order valence-electron chi connectivity index (χ3n) is 3.61. The Labute approximate surface area is 140 Å². The number of hydrogen-bond acceptors (Lipinski definition) is 3. The molecule has 1 unspecified atom stereocenters. The van der Waals surface area contributed by atoms with Gasteiger partial charge >= 0.3 is 6.03 Å². The van der Waals surface area contributed by atoms with Gasteiger partial charge in [-0.2, -0.15) is 5.10 Å². The fraction of sp³-hybridized carbons (Fsp3) is 0.765. The van der Waals surface area contributed by atoms with E-state index in [1.165, 1.54) is 0 Å². The number of carbonyl (C=O) groups is 1. The van der Waals surface area contributed by atoms with E-state index >= 15 is 0 Å². The lowest BCUT2D eigenvalue weighted by atomic mass is 10.0. The number of carbonyl (C=O) groups excluding carboxylic acids is 1. The summed E-state index contributed by atoms with van der Waals surface area (Å²) in [7, 11) is 4.06. The molecule has 1 rings (SSSR count). The van der Waals surface area contributed by atoms with E-state index in [1.54, 1.807) is 0 Å². The van der Waals surface area contributed by atoms with E-state index in [2.05, 4.69) is 47.5 Å². The molecule has 0 saturated heterocycles. The molecule has 1 heterocycles. The Morgan fingerprint density at radius 2 is 2.04 bits per heavy atom. The molecule has 1 aromatic heterocycles. The number of aromatic nitrogens is 2. The molecule has 0 radical (unpaired) electrons. The van der Waals surface area contributed by atoms with Gasteiger partial charge < -0.3 is 15.5 Å². The molecular formula is C17H33N5O. The zero-order chi connectivity index (χ0) is 17.4. The van der Waals surface area contributed by atoms with Crippen LogP contribution < -0.4 is 10.6 Å². The van der Waals surface area contributed by atoms with Crippen molar-refractivity contribution in [1.82, 2.24) is 25.3 Å². The van der Waals surface area contributed by atoms with Crippen LogP contribution in [0.5, 0.6) is 0 Å². The van der Waals surface area contributed by atoms with Gasteiger partial charge in [-0.3, -0.25) is 4.68 Å². The van der Waals surface area contributed by atoms with Gasteiger partial charge in [-0.25, -0.2) is 4.79 Å². The molecule has 6 nitrogen and oxygen atoms in total. The van der Waals surface area contributed by atoms with Crippen molar-refractivity contribution in [3.05, 3.63) is 17.5 Å². The van der Waals surface area contributed by atoms with Crippen LogP contribution in [0.4, 0.5) is 4.79 Å². The molecule has 23 heavy (non-hydrogen) atoms. The maximum absolute atomic E-state index is 12.0. The summed E-state index contributed by atoms with van der Waals surface area (Å²) in [4.78, 5) is 14.1. The normalized spacial score (nSPS) is 12.7. The third kappa shape index (κ3) is 8.02. The summed E-state index contributed by atoms with van der Waals surface area (Å²) in [6.07, 6.45) is 1.86. The Balaban J connectivity index is 2.30. The number of hydrogen-bond donors (Lipinski definition) is 2. The van der Waals surface area contributed by atoms with Gasteiger partial charge in [0.15, 0.2) is 0 Å². The van der Waals surface area contributed by atoms with Crippen LogP contribution in [0.25, 0.3) is 0 Å². The molecule has 0 aliphatic rings. The van der Waals surface area contributed by atoms with Crippen LogP contribution in [0.1, 0.15) is 38.1 Å². The van der Waals surface area contributed by atoms with Crippen molar-refractivity contribution < 1.29 is 4.79 Å². The Morgan fingerprint density at radius 1 is 1.35 bits per heavy atom. The summed E-state index contributed by atoms with van der Waals surface area (Å²) in [6.45, 7) is 10.7. The van der Waals surface area contributed by atoms with Gasteiger partial charge in [0.2, 0.25) is 0 Å². The van der Waals surface area contributed by atoms with Gasteiger partial charge in [0.05, 0.1) is 5.69 Å². The Bertz CT molecular complexity index is 471. The standard InChI is InChI=1S/C17H33N5O/c1-13(2)10-16(12-21(5)6)19-17(23)18-8-7-9-22-15(4)11-14(3)20-22/h11,13,16H,7-10,12H2,1-6H3,(H2,18,19,23). The highest BCUT2D eigenvalue weighted by Crippen LogP contribution is 2.05. The maximum Gasteiger partial charge on any atom is 0.315 e. The lowest BCUT2D eigenvalue weighted by Gasteiger charge is -2.24.